The van der Waals surface area contributed by atoms with Crippen molar-refractivity contribution in [2.75, 3.05) is 7.05 Å². The molecule has 0 amide bonds. The van der Waals surface area contributed by atoms with E-state index in [1.54, 1.807) is 27.1 Å². The number of hydrogen-bond donors (Lipinski definition) is 1. The van der Waals surface area contributed by atoms with Crippen LogP contribution >= 0.6 is 0 Å². The minimum Gasteiger partial charge on any atom is -0.394 e. The van der Waals surface area contributed by atoms with Gasteiger partial charge in [0.1, 0.15) is 0 Å². The van der Waals surface area contributed by atoms with Crippen LogP contribution in [0.25, 0.3) is 0 Å². The molecule has 0 aliphatic carbocycles. The van der Waals surface area contributed by atoms with E-state index < -0.39 is 5.54 Å². The Balaban J connectivity index is 4.12. The Morgan fingerprint density at radius 1 is 1.60 bits per heavy atom. The van der Waals surface area contributed by atoms with Crippen LogP contribution in [0.4, 0.5) is 0 Å². The maximum absolute atomic E-state index is 10.3. The lowest BCUT2D eigenvalue weighted by Crippen LogP contribution is -2.28. The zero-order valence-electron chi connectivity index (χ0n) is 6.42. The van der Waals surface area contributed by atoms with Crippen LogP contribution in [0, 0.1) is 10.1 Å². The molecule has 0 fully saturated rings. The Kier molecular flexibility index (Phi) is 2.86. The standard InChI is InChI=1S/C6H12N2O2/c1-6(2,8(9)10)4-5-7-3/h4-5,7H,1-3H3/b5-4-. The number of nitro groups is 1. The van der Waals surface area contributed by atoms with E-state index >= 15 is 0 Å². The Morgan fingerprint density at radius 2 is 2.10 bits per heavy atom. The fourth-order valence-corrected chi connectivity index (χ4v) is 0.348. The van der Waals surface area contributed by atoms with E-state index in [4.69, 9.17) is 0 Å². The number of rotatable bonds is 3. The summed E-state index contributed by atoms with van der Waals surface area (Å²) in [7, 11) is 1.70. The van der Waals surface area contributed by atoms with Crippen LogP contribution in [0.3, 0.4) is 0 Å². The Bertz CT molecular complexity index is 152. The van der Waals surface area contributed by atoms with Crippen molar-refractivity contribution >= 4 is 0 Å². The number of nitrogens with zero attached hydrogens (tertiary/aromatic N) is 1. The normalized spacial score (nSPS) is 11.9. The molecule has 0 rings (SSSR count). The fraction of sp³-hybridized carbons (Fsp3) is 0.667. The predicted octanol–water partition coefficient (Wildman–Crippen LogP) is 0.775. The lowest BCUT2D eigenvalue weighted by atomic mass is 10.1. The van der Waals surface area contributed by atoms with Gasteiger partial charge in [-0.3, -0.25) is 10.1 Å². The molecule has 4 heteroatoms. The SMILES string of the molecule is CN/C=C\C(C)(C)[N+](=O)[O-]. The van der Waals surface area contributed by atoms with Gasteiger partial charge in [-0.25, -0.2) is 0 Å². The van der Waals surface area contributed by atoms with Gasteiger partial charge in [-0.1, -0.05) is 0 Å². The topological polar surface area (TPSA) is 55.2 Å². The van der Waals surface area contributed by atoms with Crippen molar-refractivity contribution in [3.05, 3.63) is 22.4 Å². The molecular weight excluding hydrogens is 132 g/mol. The molecule has 0 aromatic carbocycles. The summed E-state index contributed by atoms with van der Waals surface area (Å²) in [5.41, 5.74) is -0.969. The van der Waals surface area contributed by atoms with Gasteiger partial charge in [0.05, 0.1) is 0 Å². The summed E-state index contributed by atoms with van der Waals surface area (Å²) < 4.78 is 0. The number of hydrogen-bond acceptors (Lipinski definition) is 3. The first-order valence-electron chi connectivity index (χ1n) is 3.00. The van der Waals surface area contributed by atoms with E-state index in [2.05, 4.69) is 5.32 Å². The second-order valence-corrected chi connectivity index (χ2v) is 2.53. The van der Waals surface area contributed by atoms with E-state index in [1.165, 1.54) is 6.08 Å². The molecule has 10 heavy (non-hydrogen) atoms. The highest BCUT2D eigenvalue weighted by atomic mass is 16.6. The fourth-order valence-electron chi connectivity index (χ4n) is 0.348. The van der Waals surface area contributed by atoms with Crippen molar-refractivity contribution in [2.24, 2.45) is 0 Å². The van der Waals surface area contributed by atoms with Gasteiger partial charge in [0.2, 0.25) is 5.54 Å². The molecule has 0 saturated heterocycles. The van der Waals surface area contributed by atoms with Crippen molar-refractivity contribution in [2.45, 2.75) is 19.4 Å². The second kappa shape index (κ2) is 3.20. The minimum absolute atomic E-state index is 0.332. The highest BCUT2D eigenvalue weighted by Gasteiger charge is 2.26. The highest BCUT2D eigenvalue weighted by Crippen LogP contribution is 2.07. The maximum atomic E-state index is 10.3. The van der Waals surface area contributed by atoms with Gasteiger partial charge in [-0.05, 0) is 6.20 Å². The molecule has 0 radical (unpaired) electrons. The molecule has 0 saturated carbocycles. The number of nitrogens with one attached hydrogen (secondary N) is 1. The third kappa shape index (κ3) is 2.48. The van der Waals surface area contributed by atoms with Crippen molar-refractivity contribution < 1.29 is 4.92 Å². The van der Waals surface area contributed by atoms with E-state index in [9.17, 15) is 10.1 Å². The van der Waals surface area contributed by atoms with Gasteiger partial charge in [-0.2, -0.15) is 0 Å². The first-order valence-corrected chi connectivity index (χ1v) is 3.00. The summed E-state index contributed by atoms with van der Waals surface area (Å²) in [6.45, 7) is 3.08. The first-order chi connectivity index (χ1) is 4.50. The van der Waals surface area contributed by atoms with E-state index in [0.29, 0.717) is 0 Å². The smallest absolute Gasteiger partial charge is 0.236 e. The Labute approximate surface area is 60.1 Å². The molecule has 0 aliphatic rings. The summed E-state index contributed by atoms with van der Waals surface area (Å²) in [5.74, 6) is 0. The average Bonchev–Trinajstić information content (AvgIpc) is 1.84. The van der Waals surface area contributed by atoms with Crippen LogP contribution < -0.4 is 5.32 Å². The summed E-state index contributed by atoms with van der Waals surface area (Å²) in [4.78, 5) is 9.92. The molecule has 0 bridgehead atoms. The summed E-state index contributed by atoms with van der Waals surface area (Å²) >= 11 is 0. The molecule has 0 spiro atoms. The highest BCUT2D eigenvalue weighted by molar-refractivity contribution is 4.93. The predicted molar refractivity (Wildman–Crippen MR) is 39.3 cm³/mol. The van der Waals surface area contributed by atoms with Crippen LogP contribution in [0.2, 0.25) is 0 Å². The average molecular weight is 144 g/mol. The van der Waals surface area contributed by atoms with Gasteiger partial charge in [0, 0.05) is 31.9 Å². The zero-order valence-corrected chi connectivity index (χ0v) is 6.42. The second-order valence-electron chi connectivity index (χ2n) is 2.53. The van der Waals surface area contributed by atoms with Gasteiger partial charge >= 0.3 is 0 Å². The van der Waals surface area contributed by atoms with Crippen LogP contribution in [-0.2, 0) is 0 Å². The molecule has 0 unspecified atom stereocenters. The first kappa shape index (κ1) is 8.94. The van der Waals surface area contributed by atoms with E-state index in [0.717, 1.165) is 0 Å². The molecule has 4 nitrogen and oxygen atoms in total. The molecule has 0 aromatic heterocycles. The van der Waals surface area contributed by atoms with Crippen LogP contribution in [0.5, 0.6) is 0 Å². The molecular formula is C6H12N2O2. The molecule has 0 aromatic rings. The van der Waals surface area contributed by atoms with Crippen LogP contribution in [0.1, 0.15) is 13.8 Å². The van der Waals surface area contributed by atoms with E-state index in [1.807, 2.05) is 0 Å². The summed E-state index contributed by atoms with van der Waals surface area (Å²) in [6, 6.07) is 0. The van der Waals surface area contributed by atoms with Crippen molar-refractivity contribution in [1.29, 1.82) is 0 Å². The third-order valence-corrected chi connectivity index (χ3v) is 1.13. The third-order valence-electron chi connectivity index (χ3n) is 1.13. The Morgan fingerprint density at radius 3 is 2.40 bits per heavy atom. The molecule has 0 atom stereocenters. The lowest BCUT2D eigenvalue weighted by Gasteiger charge is -2.08. The summed E-state index contributed by atoms with van der Waals surface area (Å²) in [6.07, 6.45) is 3.07. The zero-order chi connectivity index (χ0) is 8.20. The van der Waals surface area contributed by atoms with Gasteiger partial charge < -0.3 is 5.32 Å². The minimum atomic E-state index is -0.969. The van der Waals surface area contributed by atoms with Crippen LogP contribution in [0.15, 0.2) is 12.3 Å². The van der Waals surface area contributed by atoms with E-state index in [-0.39, 0.29) is 4.92 Å². The van der Waals surface area contributed by atoms with Crippen molar-refractivity contribution in [3.63, 3.8) is 0 Å². The maximum Gasteiger partial charge on any atom is 0.236 e. The monoisotopic (exact) mass is 144 g/mol. The largest absolute Gasteiger partial charge is 0.394 e. The molecule has 1 N–H and O–H groups in total. The molecule has 0 aliphatic heterocycles. The van der Waals surface area contributed by atoms with Crippen molar-refractivity contribution in [1.82, 2.24) is 5.32 Å². The Hall–Kier alpha value is -1.06. The summed E-state index contributed by atoms with van der Waals surface area (Å²) in [5, 5.41) is 12.9. The van der Waals surface area contributed by atoms with Gasteiger partial charge in [-0.15, -0.1) is 0 Å². The van der Waals surface area contributed by atoms with Crippen LogP contribution in [-0.4, -0.2) is 17.5 Å². The quantitative estimate of drug-likeness (QED) is 0.470. The van der Waals surface area contributed by atoms with Gasteiger partial charge in [0.25, 0.3) is 0 Å². The van der Waals surface area contributed by atoms with Crippen molar-refractivity contribution in [3.8, 4) is 0 Å². The molecule has 0 heterocycles. The molecule has 58 valence electrons. The lowest BCUT2D eigenvalue weighted by molar-refractivity contribution is -0.545. The van der Waals surface area contributed by atoms with Gasteiger partial charge in [0.15, 0.2) is 0 Å².